The van der Waals surface area contributed by atoms with Crippen molar-refractivity contribution in [3.8, 4) is 17.4 Å². The highest BCUT2D eigenvalue weighted by Gasteiger charge is 2.15. The fourth-order valence-corrected chi connectivity index (χ4v) is 2.54. The molecule has 0 aliphatic rings. The summed E-state index contributed by atoms with van der Waals surface area (Å²) in [5.74, 6) is -1.04. The SMILES string of the molecule is CC[C@@H](CO)Oc1cc(Oc2cnc(C(=O)[O-])cn2)cc(C(=O)Nc2ccn(C)n2)c1. The van der Waals surface area contributed by atoms with Crippen LogP contribution in [0, 0.1) is 0 Å². The molecule has 3 rings (SSSR count). The molecule has 1 aromatic carbocycles. The van der Waals surface area contributed by atoms with Crippen molar-refractivity contribution in [3.63, 3.8) is 0 Å². The number of aromatic carboxylic acids is 1. The van der Waals surface area contributed by atoms with Crippen molar-refractivity contribution in [2.24, 2.45) is 7.05 Å². The maximum Gasteiger partial charge on any atom is 0.257 e. The van der Waals surface area contributed by atoms with Crippen LogP contribution in [0.5, 0.6) is 17.4 Å². The van der Waals surface area contributed by atoms with Crippen LogP contribution in [0.15, 0.2) is 42.9 Å². The highest BCUT2D eigenvalue weighted by atomic mass is 16.5. The first-order valence-electron chi connectivity index (χ1n) is 9.32. The van der Waals surface area contributed by atoms with Crippen molar-refractivity contribution in [1.29, 1.82) is 0 Å². The number of aromatic nitrogens is 4. The number of aryl methyl sites for hydroxylation is 1. The van der Waals surface area contributed by atoms with Crippen LogP contribution < -0.4 is 19.9 Å². The molecule has 11 nitrogen and oxygen atoms in total. The first-order valence-corrected chi connectivity index (χ1v) is 9.32. The minimum Gasteiger partial charge on any atom is -0.543 e. The molecule has 0 saturated heterocycles. The second-order valence-electron chi connectivity index (χ2n) is 6.48. The molecule has 0 unspecified atom stereocenters. The van der Waals surface area contributed by atoms with Crippen LogP contribution in [0.3, 0.4) is 0 Å². The van der Waals surface area contributed by atoms with Crippen LogP contribution in [-0.4, -0.2) is 49.4 Å². The normalized spacial score (nSPS) is 11.6. The van der Waals surface area contributed by atoms with Crippen LogP contribution in [0.25, 0.3) is 0 Å². The number of hydrogen-bond acceptors (Lipinski definition) is 9. The number of anilines is 1. The number of nitrogens with zero attached hydrogens (tertiary/aromatic N) is 4. The Labute approximate surface area is 177 Å². The van der Waals surface area contributed by atoms with Crippen LogP contribution in [-0.2, 0) is 7.05 Å². The molecule has 1 atom stereocenters. The van der Waals surface area contributed by atoms with E-state index in [0.29, 0.717) is 18.0 Å². The van der Waals surface area contributed by atoms with Gasteiger partial charge < -0.3 is 29.8 Å². The van der Waals surface area contributed by atoms with Gasteiger partial charge in [-0.25, -0.2) is 9.97 Å². The number of carbonyl (C=O) groups is 2. The van der Waals surface area contributed by atoms with E-state index in [-0.39, 0.29) is 29.5 Å². The number of carboxylic acid groups (broad SMARTS) is 1. The van der Waals surface area contributed by atoms with Gasteiger partial charge in [-0.2, -0.15) is 5.10 Å². The van der Waals surface area contributed by atoms with Gasteiger partial charge in [0.15, 0.2) is 5.82 Å². The molecule has 0 spiro atoms. The van der Waals surface area contributed by atoms with Gasteiger partial charge in [0.25, 0.3) is 5.91 Å². The molecular weight excluding hydrogens is 406 g/mol. The van der Waals surface area contributed by atoms with E-state index in [9.17, 15) is 19.8 Å². The molecule has 3 aromatic rings. The predicted octanol–water partition coefficient (Wildman–Crippen LogP) is 0.768. The van der Waals surface area contributed by atoms with Crippen LogP contribution >= 0.6 is 0 Å². The van der Waals surface area contributed by atoms with Gasteiger partial charge in [-0.05, 0) is 18.6 Å². The van der Waals surface area contributed by atoms with Gasteiger partial charge in [0.05, 0.1) is 25.0 Å². The molecule has 2 heterocycles. The van der Waals surface area contributed by atoms with Gasteiger partial charge in [-0.3, -0.25) is 9.48 Å². The molecular formula is C20H20N5O6-. The molecule has 0 radical (unpaired) electrons. The lowest BCUT2D eigenvalue weighted by molar-refractivity contribution is -0.255. The van der Waals surface area contributed by atoms with Gasteiger partial charge in [-0.15, -0.1) is 0 Å². The Morgan fingerprint density at radius 1 is 1.23 bits per heavy atom. The van der Waals surface area contributed by atoms with E-state index in [1.165, 1.54) is 18.2 Å². The maximum atomic E-state index is 12.7. The third-order valence-electron chi connectivity index (χ3n) is 4.12. The largest absolute Gasteiger partial charge is 0.543 e. The van der Waals surface area contributed by atoms with Crippen molar-refractivity contribution in [2.45, 2.75) is 19.4 Å². The fraction of sp³-hybridized carbons (Fsp3) is 0.250. The number of nitrogens with one attached hydrogen (secondary N) is 1. The second kappa shape index (κ2) is 9.67. The minimum absolute atomic E-state index is 0.00688. The Bertz CT molecular complexity index is 1060. The standard InChI is InChI=1S/C20H21N5O6/c1-3-13(11-26)30-14-6-12(19(27)23-17-4-5-25(2)24-17)7-15(8-14)31-18-10-21-16(9-22-18)20(28)29/h4-10,13,26H,3,11H2,1-2H3,(H,28,29)(H,23,24,27)/p-1/t13-/m0/s1. The quantitative estimate of drug-likeness (QED) is 0.505. The summed E-state index contributed by atoms with van der Waals surface area (Å²) < 4.78 is 12.9. The summed E-state index contributed by atoms with van der Waals surface area (Å²) in [6.45, 7) is 1.65. The fourth-order valence-electron chi connectivity index (χ4n) is 2.54. The Balaban J connectivity index is 1.88. The maximum absolute atomic E-state index is 12.7. The number of hydrogen-bond donors (Lipinski definition) is 2. The number of amides is 1. The van der Waals surface area contributed by atoms with Gasteiger partial charge >= 0.3 is 0 Å². The summed E-state index contributed by atoms with van der Waals surface area (Å²) in [7, 11) is 1.72. The number of ether oxygens (including phenoxy) is 2. The minimum atomic E-state index is -1.46. The zero-order valence-electron chi connectivity index (χ0n) is 16.8. The number of benzene rings is 1. The second-order valence-corrected chi connectivity index (χ2v) is 6.48. The van der Waals surface area contributed by atoms with Crippen LogP contribution in [0.1, 0.15) is 34.2 Å². The van der Waals surface area contributed by atoms with Gasteiger partial charge in [-0.1, -0.05) is 6.92 Å². The molecule has 1 amide bonds. The summed E-state index contributed by atoms with van der Waals surface area (Å²) >= 11 is 0. The number of aliphatic hydroxyl groups excluding tert-OH is 1. The Hall–Kier alpha value is -3.99. The zero-order valence-corrected chi connectivity index (χ0v) is 16.8. The highest BCUT2D eigenvalue weighted by Crippen LogP contribution is 2.28. The van der Waals surface area contributed by atoms with E-state index in [4.69, 9.17) is 9.47 Å². The number of rotatable bonds is 9. The van der Waals surface area contributed by atoms with Crippen molar-refractivity contribution in [2.75, 3.05) is 11.9 Å². The molecule has 0 saturated carbocycles. The summed E-state index contributed by atoms with van der Waals surface area (Å²) in [4.78, 5) is 31.1. The lowest BCUT2D eigenvalue weighted by Gasteiger charge is -2.17. The Kier molecular flexibility index (Phi) is 6.78. The van der Waals surface area contributed by atoms with E-state index in [0.717, 1.165) is 12.4 Å². The van der Waals surface area contributed by atoms with E-state index in [1.54, 1.807) is 24.0 Å². The number of carboxylic acids is 1. The van der Waals surface area contributed by atoms with Crippen LogP contribution in [0.2, 0.25) is 0 Å². The topological polar surface area (TPSA) is 152 Å². The number of aliphatic hydroxyl groups is 1. The number of carbonyl (C=O) groups excluding carboxylic acids is 2. The molecule has 0 bridgehead atoms. The van der Waals surface area contributed by atoms with Gasteiger partial charge in [0.1, 0.15) is 23.3 Å². The summed E-state index contributed by atoms with van der Waals surface area (Å²) in [5, 5.41) is 27.0. The molecule has 11 heteroatoms. The van der Waals surface area contributed by atoms with Crippen molar-refractivity contribution in [3.05, 3.63) is 54.1 Å². The van der Waals surface area contributed by atoms with Gasteiger partial charge in [0.2, 0.25) is 5.88 Å². The molecule has 31 heavy (non-hydrogen) atoms. The van der Waals surface area contributed by atoms with Crippen LogP contribution in [0.4, 0.5) is 5.82 Å². The average molecular weight is 426 g/mol. The Morgan fingerprint density at radius 2 is 2.00 bits per heavy atom. The lowest BCUT2D eigenvalue weighted by atomic mass is 10.1. The first kappa shape index (κ1) is 21.7. The van der Waals surface area contributed by atoms with Crippen molar-refractivity contribution >= 4 is 17.7 Å². The molecule has 2 N–H and O–H groups in total. The van der Waals surface area contributed by atoms with Gasteiger partial charge in [0, 0.05) is 30.9 Å². The lowest BCUT2D eigenvalue weighted by Crippen LogP contribution is -2.23. The van der Waals surface area contributed by atoms with E-state index >= 15 is 0 Å². The van der Waals surface area contributed by atoms with Crippen molar-refractivity contribution in [1.82, 2.24) is 19.7 Å². The zero-order chi connectivity index (χ0) is 22.4. The Morgan fingerprint density at radius 3 is 2.58 bits per heavy atom. The van der Waals surface area contributed by atoms with E-state index < -0.39 is 18.0 Å². The highest BCUT2D eigenvalue weighted by molar-refractivity contribution is 6.04. The molecule has 2 aromatic heterocycles. The molecule has 0 aliphatic heterocycles. The monoisotopic (exact) mass is 426 g/mol. The predicted molar refractivity (Wildman–Crippen MR) is 106 cm³/mol. The molecule has 162 valence electrons. The van der Waals surface area contributed by atoms with E-state index in [1.807, 2.05) is 6.92 Å². The first-order chi connectivity index (χ1) is 14.9. The van der Waals surface area contributed by atoms with E-state index in [2.05, 4.69) is 20.4 Å². The smallest absolute Gasteiger partial charge is 0.257 e. The summed E-state index contributed by atoms with van der Waals surface area (Å²) in [6.07, 6.45) is 3.89. The van der Waals surface area contributed by atoms with Crippen molar-refractivity contribution < 1.29 is 29.3 Å². The molecule has 0 aliphatic carbocycles. The third-order valence-corrected chi connectivity index (χ3v) is 4.12. The molecule has 0 fully saturated rings. The third kappa shape index (κ3) is 5.76. The summed E-state index contributed by atoms with van der Waals surface area (Å²) in [5.41, 5.74) is -0.126. The average Bonchev–Trinajstić information content (AvgIpc) is 3.16. The summed E-state index contributed by atoms with van der Waals surface area (Å²) in [6, 6.07) is 6.13.